The van der Waals surface area contributed by atoms with Gasteiger partial charge in [0.15, 0.2) is 0 Å². The topological polar surface area (TPSA) is 87.7 Å². The fourth-order valence-corrected chi connectivity index (χ4v) is 1.74. The highest BCUT2D eigenvalue weighted by molar-refractivity contribution is 7.98. The molecule has 124 valence electrons. The Morgan fingerprint density at radius 3 is 2.57 bits per heavy atom. The lowest BCUT2D eigenvalue weighted by atomic mass is 10.2. The first-order valence-corrected chi connectivity index (χ1v) is 7.56. The van der Waals surface area contributed by atoms with Crippen molar-refractivity contribution in [2.75, 3.05) is 31.8 Å². The number of carboxylic acid groups (broad SMARTS) is 1. The number of hydrogen-bond donors (Lipinski definition) is 3. The van der Waals surface area contributed by atoms with Crippen LogP contribution < -0.4 is 10.6 Å². The Morgan fingerprint density at radius 1 is 1.38 bits per heavy atom. The second-order valence-corrected chi connectivity index (χ2v) is 5.08. The van der Waals surface area contributed by atoms with Gasteiger partial charge < -0.3 is 20.5 Å². The Balaban J connectivity index is 3.75. The van der Waals surface area contributed by atoms with E-state index >= 15 is 0 Å². The molecule has 0 heterocycles. The Bertz CT molecular complexity index is 329. The van der Waals surface area contributed by atoms with E-state index in [1.807, 2.05) is 6.26 Å². The lowest BCUT2D eigenvalue weighted by Gasteiger charge is -2.14. The molecule has 0 aliphatic heterocycles. The molecule has 1 unspecified atom stereocenters. The molecule has 0 aromatic carbocycles. The maximum Gasteiger partial charge on any atom is 0.411 e. The number of nitrogens with one attached hydrogen (secondary N) is 2. The van der Waals surface area contributed by atoms with E-state index in [-0.39, 0.29) is 19.6 Å². The van der Waals surface area contributed by atoms with E-state index in [9.17, 15) is 22.8 Å². The third kappa shape index (κ3) is 12.3. The van der Waals surface area contributed by atoms with Crippen LogP contribution >= 0.6 is 11.8 Å². The van der Waals surface area contributed by atoms with E-state index in [0.717, 1.165) is 0 Å². The van der Waals surface area contributed by atoms with Gasteiger partial charge in [-0.1, -0.05) is 0 Å². The van der Waals surface area contributed by atoms with Crippen molar-refractivity contribution >= 4 is 23.8 Å². The molecule has 0 aromatic rings. The molecular weight excluding hydrogens is 313 g/mol. The highest BCUT2D eigenvalue weighted by Crippen LogP contribution is 2.14. The molecule has 0 saturated carbocycles. The highest BCUT2D eigenvalue weighted by atomic mass is 32.2. The van der Waals surface area contributed by atoms with Crippen LogP contribution in [0.25, 0.3) is 0 Å². The predicted octanol–water partition coefficient (Wildman–Crippen LogP) is 1.46. The lowest BCUT2D eigenvalue weighted by molar-refractivity contribution is -0.173. The number of ether oxygens (including phenoxy) is 1. The highest BCUT2D eigenvalue weighted by Gasteiger charge is 2.27. The number of hydrogen-bond acceptors (Lipinski definition) is 4. The van der Waals surface area contributed by atoms with Crippen LogP contribution in [0.4, 0.5) is 18.0 Å². The molecule has 6 nitrogen and oxygen atoms in total. The maximum atomic E-state index is 11.8. The van der Waals surface area contributed by atoms with Crippen molar-refractivity contribution in [3.05, 3.63) is 0 Å². The van der Waals surface area contributed by atoms with Crippen molar-refractivity contribution in [2.45, 2.75) is 25.1 Å². The fourth-order valence-electron chi connectivity index (χ4n) is 1.27. The van der Waals surface area contributed by atoms with Crippen molar-refractivity contribution in [3.63, 3.8) is 0 Å². The van der Waals surface area contributed by atoms with E-state index in [0.29, 0.717) is 12.2 Å². The molecule has 0 aliphatic carbocycles. The van der Waals surface area contributed by atoms with Crippen molar-refractivity contribution in [3.8, 4) is 0 Å². The van der Waals surface area contributed by atoms with Gasteiger partial charge in [-0.05, 0) is 24.9 Å². The first-order valence-electron chi connectivity index (χ1n) is 6.17. The molecule has 0 aliphatic rings. The molecule has 10 heteroatoms. The Morgan fingerprint density at radius 2 is 2.05 bits per heavy atom. The molecule has 1 atom stereocenters. The second kappa shape index (κ2) is 10.6. The minimum absolute atomic E-state index is 0.0958. The molecule has 0 aromatic heterocycles. The van der Waals surface area contributed by atoms with Gasteiger partial charge in [-0.15, -0.1) is 0 Å². The van der Waals surface area contributed by atoms with E-state index in [2.05, 4.69) is 15.4 Å². The number of alkyl halides is 3. The average Bonchev–Trinajstić information content (AvgIpc) is 2.37. The van der Waals surface area contributed by atoms with Crippen molar-refractivity contribution in [1.29, 1.82) is 0 Å². The summed E-state index contributed by atoms with van der Waals surface area (Å²) in [5, 5.41) is 13.5. The van der Waals surface area contributed by atoms with Crippen LogP contribution in [0.1, 0.15) is 12.8 Å². The molecule has 2 amide bonds. The fraction of sp³-hybridized carbons (Fsp3) is 0.818. The molecule has 0 bridgehead atoms. The van der Waals surface area contributed by atoms with Gasteiger partial charge in [0.1, 0.15) is 12.6 Å². The smallest absolute Gasteiger partial charge is 0.411 e. The van der Waals surface area contributed by atoms with Gasteiger partial charge in [0.25, 0.3) is 0 Å². The summed E-state index contributed by atoms with van der Waals surface area (Å²) >= 11 is 1.46. The number of carboxylic acids is 1. The van der Waals surface area contributed by atoms with Gasteiger partial charge in [-0.25, -0.2) is 9.59 Å². The van der Waals surface area contributed by atoms with E-state index in [4.69, 9.17) is 5.11 Å². The quantitative estimate of drug-likeness (QED) is 0.527. The minimum atomic E-state index is -4.36. The molecule has 0 rings (SSSR count). The second-order valence-electron chi connectivity index (χ2n) is 4.09. The predicted molar refractivity (Wildman–Crippen MR) is 72.4 cm³/mol. The van der Waals surface area contributed by atoms with Crippen LogP contribution in [-0.4, -0.2) is 61.1 Å². The monoisotopic (exact) mass is 332 g/mol. The third-order valence-corrected chi connectivity index (χ3v) is 2.87. The zero-order valence-corrected chi connectivity index (χ0v) is 12.4. The number of aliphatic carboxylic acids is 1. The number of rotatable bonds is 10. The van der Waals surface area contributed by atoms with Crippen molar-refractivity contribution in [2.24, 2.45) is 0 Å². The summed E-state index contributed by atoms with van der Waals surface area (Å²) in [5.74, 6) is -0.546. The number of amides is 2. The van der Waals surface area contributed by atoms with Crippen LogP contribution in [0.2, 0.25) is 0 Å². The molecule has 0 saturated heterocycles. The van der Waals surface area contributed by atoms with Gasteiger partial charge >= 0.3 is 18.2 Å². The van der Waals surface area contributed by atoms with E-state index in [1.165, 1.54) is 11.8 Å². The normalized spacial score (nSPS) is 12.8. The van der Waals surface area contributed by atoms with E-state index < -0.39 is 30.8 Å². The summed E-state index contributed by atoms with van der Waals surface area (Å²) in [6.45, 7) is -1.37. The molecule has 0 fully saturated rings. The van der Waals surface area contributed by atoms with Gasteiger partial charge in [0, 0.05) is 13.2 Å². The molecule has 3 N–H and O–H groups in total. The minimum Gasteiger partial charge on any atom is -0.480 e. The van der Waals surface area contributed by atoms with Crippen molar-refractivity contribution < 1.29 is 32.6 Å². The maximum absolute atomic E-state index is 11.8. The SMILES string of the molecule is CSCCC(NC(=O)NCCCOCC(F)(F)F)C(=O)O. The zero-order valence-electron chi connectivity index (χ0n) is 11.5. The van der Waals surface area contributed by atoms with Crippen molar-refractivity contribution in [1.82, 2.24) is 10.6 Å². The van der Waals surface area contributed by atoms with Crippen LogP contribution in [0.5, 0.6) is 0 Å². The average molecular weight is 332 g/mol. The Labute approximate surface area is 124 Å². The van der Waals surface area contributed by atoms with Gasteiger partial charge in [0.2, 0.25) is 0 Å². The van der Waals surface area contributed by atoms with E-state index in [1.54, 1.807) is 0 Å². The summed E-state index contributed by atoms with van der Waals surface area (Å²) in [5.41, 5.74) is 0. The first kappa shape index (κ1) is 19.8. The first-order chi connectivity index (χ1) is 9.76. The summed E-state index contributed by atoms with van der Waals surface area (Å²) in [6, 6.07) is -1.65. The van der Waals surface area contributed by atoms with Crippen LogP contribution in [0, 0.1) is 0 Å². The van der Waals surface area contributed by atoms with Gasteiger partial charge in [0.05, 0.1) is 0 Å². The molecule has 21 heavy (non-hydrogen) atoms. The van der Waals surface area contributed by atoms with Crippen LogP contribution in [-0.2, 0) is 9.53 Å². The number of carbonyl (C=O) groups excluding carboxylic acids is 1. The lowest BCUT2D eigenvalue weighted by Crippen LogP contribution is -2.46. The van der Waals surface area contributed by atoms with Crippen LogP contribution in [0.15, 0.2) is 0 Å². The van der Waals surface area contributed by atoms with Crippen LogP contribution in [0.3, 0.4) is 0 Å². The molecule has 0 spiro atoms. The summed E-state index contributed by atoms with van der Waals surface area (Å²) < 4.78 is 39.6. The third-order valence-electron chi connectivity index (χ3n) is 2.23. The zero-order chi connectivity index (χ0) is 16.3. The standard InChI is InChI=1S/C11H19F3N2O4S/c1-21-6-3-8(9(17)18)16-10(19)15-4-2-5-20-7-11(12,13)14/h8H,2-7H2,1H3,(H,17,18)(H2,15,16,19). The van der Waals surface area contributed by atoms with Gasteiger partial charge in [-0.3, -0.25) is 0 Å². The molecule has 0 radical (unpaired) electrons. The summed E-state index contributed by atoms with van der Waals surface area (Å²) in [7, 11) is 0. The number of urea groups is 1. The summed E-state index contributed by atoms with van der Waals surface area (Å²) in [6.07, 6.45) is -2.05. The summed E-state index contributed by atoms with van der Waals surface area (Å²) in [4.78, 5) is 22.3. The Hall–Kier alpha value is -1.16. The number of carbonyl (C=O) groups is 2. The van der Waals surface area contributed by atoms with Gasteiger partial charge in [-0.2, -0.15) is 24.9 Å². The molecular formula is C11H19F3N2O4S. The largest absolute Gasteiger partial charge is 0.480 e. The Kier molecular flexibility index (Phi) is 9.97. The number of thioether (sulfide) groups is 1. The number of halogens is 3.